The van der Waals surface area contributed by atoms with Crippen LogP contribution >= 0.6 is 0 Å². The molecule has 1 aliphatic heterocycles. The highest BCUT2D eigenvalue weighted by Crippen LogP contribution is 2.36. The zero-order chi connectivity index (χ0) is 11.1. The van der Waals surface area contributed by atoms with Gasteiger partial charge in [-0.2, -0.15) is 0 Å². The van der Waals surface area contributed by atoms with Gasteiger partial charge in [0.1, 0.15) is 0 Å². The van der Waals surface area contributed by atoms with Gasteiger partial charge in [0.15, 0.2) is 0 Å². The first kappa shape index (κ1) is 11.4. The van der Waals surface area contributed by atoms with Crippen molar-refractivity contribution in [1.82, 2.24) is 4.90 Å². The molecule has 0 amide bonds. The van der Waals surface area contributed by atoms with Crippen LogP contribution in [-0.4, -0.2) is 30.6 Å². The van der Waals surface area contributed by atoms with Gasteiger partial charge in [-0.3, -0.25) is 0 Å². The fourth-order valence-corrected chi connectivity index (χ4v) is 3.41. The molecule has 0 bridgehead atoms. The second kappa shape index (κ2) is 4.06. The normalized spacial score (nSPS) is 38.0. The van der Waals surface area contributed by atoms with Crippen molar-refractivity contribution in [2.75, 3.05) is 19.6 Å². The summed E-state index contributed by atoms with van der Waals surface area (Å²) < 4.78 is 0. The third-order valence-corrected chi connectivity index (χ3v) is 3.93. The lowest BCUT2D eigenvalue weighted by Gasteiger charge is -2.30. The maximum Gasteiger partial charge on any atom is 0.00825 e. The number of hydrogen-bond donors (Lipinski definition) is 1. The second-order valence-corrected chi connectivity index (χ2v) is 6.77. The van der Waals surface area contributed by atoms with E-state index in [1.165, 1.54) is 38.9 Å². The Morgan fingerprint density at radius 1 is 1.20 bits per heavy atom. The van der Waals surface area contributed by atoms with Crippen LogP contribution in [0.4, 0.5) is 0 Å². The molecule has 1 aliphatic carbocycles. The fourth-order valence-electron chi connectivity index (χ4n) is 3.41. The van der Waals surface area contributed by atoms with E-state index >= 15 is 0 Å². The van der Waals surface area contributed by atoms with E-state index in [-0.39, 0.29) is 0 Å². The summed E-state index contributed by atoms with van der Waals surface area (Å²) in [6.07, 6.45) is 4.02. The van der Waals surface area contributed by atoms with Crippen LogP contribution in [0.5, 0.6) is 0 Å². The van der Waals surface area contributed by atoms with Crippen molar-refractivity contribution in [1.29, 1.82) is 0 Å². The van der Waals surface area contributed by atoms with Crippen LogP contribution in [0, 0.1) is 17.3 Å². The van der Waals surface area contributed by atoms with Crippen LogP contribution in [0.25, 0.3) is 0 Å². The zero-order valence-electron chi connectivity index (χ0n) is 10.5. The first-order valence-electron chi connectivity index (χ1n) is 6.44. The van der Waals surface area contributed by atoms with Gasteiger partial charge in [0.05, 0.1) is 0 Å². The minimum Gasteiger partial charge on any atom is -0.327 e. The maximum absolute atomic E-state index is 6.22. The molecule has 2 aliphatic rings. The average Bonchev–Trinajstić information content (AvgIpc) is 2.45. The first-order valence-corrected chi connectivity index (χ1v) is 6.44. The van der Waals surface area contributed by atoms with E-state index in [1.807, 2.05) is 0 Å². The van der Waals surface area contributed by atoms with Crippen LogP contribution in [0.3, 0.4) is 0 Å². The molecule has 2 heteroatoms. The van der Waals surface area contributed by atoms with Crippen LogP contribution in [-0.2, 0) is 0 Å². The summed E-state index contributed by atoms with van der Waals surface area (Å²) in [4.78, 5) is 2.64. The third kappa shape index (κ3) is 2.73. The average molecular weight is 210 g/mol. The van der Waals surface area contributed by atoms with E-state index in [0.717, 1.165) is 11.8 Å². The van der Waals surface area contributed by atoms with Gasteiger partial charge in [-0.15, -0.1) is 0 Å². The zero-order valence-corrected chi connectivity index (χ0v) is 10.5. The number of likely N-dealkylation sites (tertiary alicyclic amines) is 1. The van der Waals surface area contributed by atoms with E-state index in [9.17, 15) is 0 Å². The Morgan fingerprint density at radius 2 is 1.93 bits per heavy atom. The Labute approximate surface area is 94.2 Å². The Morgan fingerprint density at radius 3 is 2.53 bits per heavy atom. The number of hydrogen-bond acceptors (Lipinski definition) is 2. The topological polar surface area (TPSA) is 29.3 Å². The van der Waals surface area contributed by atoms with Gasteiger partial charge in [0, 0.05) is 25.7 Å². The first-order chi connectivity index (χ1) is 6.96. The van der Waals surface area contributed by atoms with E-state index in [0.29, 0.717) is 11.5 Å². The lowest BCUT2D eigenvalue weighted by molar-refractivity contribution is 0.217. The molecule has 3 atom stereocenters. The highest BCUT2D eigenvalue weighted by atomic mass is 15.2. The van der Waals surface area contributed by atoms with E-state index in [1.54, 1.807) is 0 Å². The molecular weight excluding hydrogens is 184 g/mol. The summed E-state index contributed by atoms with van der Waals surface area (Å²) in [5, 5.41) is 0. The molecule has 88 valence electrons. The Balaban J connectivity index is 1.92. The predicted octanol–water partition coefficient (Wildman–Crippen LogP) is 2.09. The van der Waals surface area contributed by atoms with Gasteiger partial charge >= 0.3 is 0 Å². The van der Waals surface area contributed by atoms with Gasteiger partial charge in [-0.25, -0.2) is 0 Å². The fraction of sp³-hybridized carbons (Fsp3) is 1.00. The van der Waals surface area contributed by atoms with Gasteiger partial charge in [-0.1, -0.05) is 27.2 Å². The lowest BCUT2D eigenvalue weighted by atomic mass is 9.78. The largest absolute Gasteiger partial charge is 0.327 e. The molecular formula is C13H26N2. The molecule has 2 rings (SSSR count). The minimum absolute atomic E-state index is 0.428. The maximum atomic E-state index is 6.22. The quantitative estimate of drug-likeness (QED) is 0.718. The Bertz CT molecular complexity index is 219. The van der Waals surface area contributed by atoms with Crippen LogP contribution in [0.15, 0.2) is 0 Å². The molecule has 0 aromatic rings. The van der Waals surface area contributed by atoms with Crippen molar-refractivity contribution < 1.29 is 0 Å². The molecule has 15 heavy (non-hydrogen) atoms. The SMILES string of the molecule is CC(C)(C)CN1CC2CCCC(N)C2C1. The van der Waals surface area contributed by atoms with E-state index < -0.39 is 0 Å². The highest BCUT2D eigenvalue weighted by Gasteiger charge is 2.39. The predicted molar refractivity (Wildman–Crippen MR) is 64.7 cm³/mol. The Kier molecular flexibility index (Phi) is 3.09. The molecule has 2 fully saturated rings. The molecule has 1 saturated heterocycles. The molecule has 1 saturated carbocycles. The van der Waals surface area contributed by atoms with Crippen molar-refractivity contribution in [2.45, 2.75) is 46.1 Å². The highest BCUT2D eigenvalue weighted by molar-refractivity contribution is 4.93. The Hall–Kier alpha value is -0.0800. The molecule has 0 radical (unpaired) electrons. The summed E-state index contributed by atoms with van der Waals surface area (Å²) in [5.74, 6) is 1.69. The van der Waals surface area contributed by atoms with Gasteiger partial charge in [0.25, 0.3) is 0 Å². The van der Waals surface area contributed by atoms with Crippen molar-refractivity contribution in [3.63, 3.8) is 0 Å². The number of rotatable bonds is 1. The number of fused-ring (bicyclic) bond motifs is 1. The lowest BCUT2D eigenvalue weighted by Crippen LogP contribution is -2.38. The minimum atomic E-state index is 0.428. The molecule has 2 N–H and O–H groups in total. The smallest absolute Gasteiger partial charge is 0.00825 e. The van der Waals surface area contributed by atoms with E-state index in [2.05, 4.69) is 25.7 Å². The summed E-state index contributed by atoms with van der Waals surface area (Å²) >= 11 is 0. The van der Waals surface area contributed by atoms with Crippen LogP contribution < -0.4 is 5.73 Å². The van der Waals surface area contributed by atoms with Crippen molar-refractivity contribution >= 4 is 0 Å². The third-order valence-electron chi connectivity index (χ3n) is 3.93. The van der Waals surface area contributed by atoms with Crippen molar-refractivity contribution in [2.24, 2.45) is 23.0 Å². The standard InChI is InChI=1S/C13H26N2/c1-13(2,3)9-15-7-10-5-4-6-12(14)11(10)8-15/h10-12H,4-9,14H2,1-3H3. The number of nitrogens with two attached hydrogens (primary N) is 1. The molecule has 0 aromatic heterocycles. The van der Waals surface area contributed by atoms with Gasteiger partial charge in [-0.05, 0) is 30.1 Å². The molecule has 0 aromatic carbocycles. The molecule has 0 spiro atoms. The second-order valence-electron chi connectivity index (χ2n) is 6.77. The van der Waals surface area contributed by atoms with Crippen molar-refractivity contribution in [3.8, 4) is 0 Å². The van der Waals surface area contributed by atoms with Crippen LogP contribution in [0.2, 0.25) is 0 Å². The summed E-state index contributed by atoms with van der Waals surface area (Å²) in [5.41, 5.74) is 6.65. The molecule has 2 nitrogen and oxygen atoms in total. The van der Waals surface area contributed by atoms with Crippen molar-refractivity contribution in [3.05, 3.63) is 0 Å². The van der Waals surface area contributed by atoms with Crippen LogP contribution in [0.1, 0.15) is 40.0 Å². The monoisotopic (exact) mass is 210 g/mol. The summed E-state index contributed by atoms with van der Waals surface area (Å²) in [6, 6.07) is 0.480. The van der Waals surface area contributed by atoms with Gasteiger partial charge in [0.2, 0.25) is 0 Å². The molecule has 1 heterocycles. The van der Waals surface area contributed by atoms with E-state index in [4.69, 9.17) is 5.73 Å². The summed E-state index contributed by atoms with van der Waals surface area (Å²) in [7, 11) is 0. The number of nitrogens with zero attached hydrogens (tertiary/aromatic N) is 1. The summed E-state index contributed by atoms with van der Waals surface area (Å²) in [6.45, 7) is 10.8. The van der Waals surface area contributed by atoms with Gasteiger partial charge < -0.3 is 10.6 Å². The molecule has 3 unspecified atom stereocenters.